The van der Waals surface area contributed by atoms with E-state index in [-0.39, 0.29) is 24.8 Å². The van der Waals surface area contributed by atoms with E-state index in [0.717, 1.165) is 0 Å². The number of halogens is 1. The summed E-state index contributed by atoms with van der Waals surface area (Å²) in [5, 5.41) is 3.30. The Bertz CT molecular complexity index is 933. The molecule has 0 aliphatic carbocycles. The molecule has 0 saturated carbocycles. The first-order valence-corrected chi connectivity index (χ1v) is 9.27. The van der Waals surface area contributed by atoms with Gasteiger partial charge in [-0.3, -0.25) is 9.59 Å². The average molecular weight is 403 g/mol. The van der Waals surface area contributed by atoms with Crippen molar-refractivity contribution in [2.45, 2.75) is 6.42 Å². The molecule has 2 aliphatic heterocycles. The van der Waals surface area contributed by atoms with Crippen LogP contribution in [0, 0.1) is 5.92 Å². The van der Waals surface area contributed by atoms with Crippen molar-refractivity contribution >= 4 is 34.8 Å². The van der Waals surface area contributed by atoms with Gasteiger partial charge in [-0.2, -0.15) is 0 Å². The molecule has 2 aromatic rings. The third kappa shape index (κ3) is 3.57. The van der Waals surface area contributed by atoms with Gasteiger partial charge >= 0.3 is 0 Å². The van der Waals surface area contributed by atoms with E-state index in [4.69, 9.17) is 25.8 Å². The van der Waals surface area contributed by atoms with E-state index in [1.807, 2.05) is 0 Å². The number of fused-ring (bicyclic) bond motifs is 1. The van der Waals surface area contributed by atoms with Crippen molar-refractivity contribution in [2.24, 2.45) is 5.92 Å². The van der Waals surface area contributed by atoms with Crippen molar-refractivity contribution in [1.29, 1.82) is 0 Å². The second-order valence-corrected chi connectivity index (χ2v) is 7.00. The van der Waals surface area contributed by atoms with Crippen molar-refractivity contribution in [3.8, 4) is 17.2 Å². The zero-order valence-electron chi connectivity index (χ0n) is 15.2. The minimum absolute atomic E-state index is 0.116. The Hall–Kier alpha value is -2.93. The second kappa shape index (κ2) is 7.59. The number of methoxy groups -OCH3 is 1. The summed E-state index contributed by atoms with van der Waals surface area (Å²) in [6.07, 6.45) is 0.128. The molecule has 0 bridgehead atoms. The fourth-order valence-electron chi connectivity index (χ4n) is 3.35. The molecule has 2 amide bonds. The monoisotopic (exact) mass is 402 g/mol. The number of ether oxygens (including phenoxy) is 3. The molecule has 2 aliphatic rings. The highest BCUT2D eigenvalue weighted by Crippen LogP contribution is 2.36. The van der Waals surface area contributed by atoms with Gasteiger partial charge in [-0.1, -0.05) is 11.6 Å². The van der Waals surface area contributed by atoms with Crippen molar-refractivity contribution in [3.05, 3.63) is 41.4 Å². The van der Waals surface area contributed by atoms with Gasteiger partial charge in [0.1, 0.15) is 19.0 Å². The van der Waals surface area contributed by atoms with Gasteiger partial charge in [0.25, 0.3) is 0 Å². The van der Waals surface area contributed by atoms with E-state index in [1.165, 1.54) is 7.11 Å². The molecule has 0 unspecified atom stereocenters. The highest BCUT2D eigenvalue weighted by molar-refractivity contribution is 6.31. The van der Waals surface area contributed by atoms with Crippen LogP contribution in [0.15, 0.2) is 36.4 Å². The molecule has 0 aromatic heterocycles. The zero-order chi connectivity index (χ0) is 19.7. The van der Waals surface area contributed by atoms with E-state index in [1.54, 1.807) is 41.3 Å². The van der Waals surface area contributed by atoms with Gasteiger partial charge in [0.2, 0.25) is 11.8 Å². The number of hydrogen-bond donors (Lipinski definition) is 1. The third-order valence-corrected chi connectivity index (χ3v) is 4.99. The van der Waals surface area contributed by atoms with E-state index < -0.39 is 5.92 Å². The smallest absolute Gasteiger partial charge is 0.229 e. The predicted molar refractivity (Wildman–Crippen MR) is 105 cm³/mol. The lowest BCUT2D eigenvalue weighted by Crippen LogP contribution is -2.28. The molecule has 28 heavy (non-hydrogen) atoms. The number of hydrogen-bond acceptors (Lipinski definition) is 5. The lowest BCUT2D eigenvalue weighted by molar-refractivity contribution is -0.122. The SMILES string of the molecule is COc1ccc(Cl)cc1NC(=O)[C@H]1CC(=O)N(c2ccc3c(c2)OCCO3)C1. The first kappa shape index (κ1) is 18.4. The summed E-state index contributed by atoms with van der Waals surface area (Å²) in [6.45, 7) is 1.26. The maximum atomic E-state index is 12.7. The molecule has 1 fully saturated rings. The molecular formula is C20H19ClN2O5. The lowest BCUT2D eigenvalue weighted by atomic mass is 10.1. The highest BCUT2D eigenvalue weighted by Gasteiger charge is 2.36. The Morgan fingerprint density at radius 3 is 2.75 bits per heavy atom. The molecule has 1 saturated heterocycles. The second-order valence-electron chi connectivity index (χ2n) is 6.57. The highest BCUT2D eigenvalue weighted by atomic mass is 35.5. The third-order valence-electron chi connectivity index (χ3n) is 4.75. The maximum Gasteiger partial charge on any atom is 0.229 e. The fourth-order valence-corrected chi connectivity index (χ4v) is 3.52. The molecule has 0 spiro atoms. The number of benzene rings is 2. The summed E-state index contributed by atoms with van der Waals surface area (Å²) < 4.78 is 16.3. The quantitative estimate of drug-likeness (QED) is 0.850. The molecule has 7 nitrogen and oxygen atoms in total. The molecule has 2 aromatic carbocycles. The van der Waals surface area contributed by atoms with Crippen LogP contribution >= 0.6 is 11.6 Å². The number of anilines is 2. The van der Waals surface area contributed by atoms with Gasteiger partial charge in [0.15, 0.2) is 11.5 Å². The van der Waals surface area contributed by atoms with Gasteiger partial charge in [-0.15, -0.1) is 0 Å². The van der Waals surface area contributed by atoms with Crippen LogP contribution in [0.25, 0.3) is 0 Å². The summed E-state index contributed by atoms with van der Waals surface area (Å²) in [6, 6.07) is 10.3. The van der Waals surface area contributed by atoms with E-state index in [9.17, 15) is 9.59 Å². The Balaban J connectivity index is 1.49. The van der Waals surface area contributed by atoms with E-state index >= 15 is 0 Å². The average Bonchev–Trinajstić information content (AvgIpc) is 3.09. The summed E-state index contributed by atoms with van der Waals surface area (Å²) in [7, 11) is 1.52. The van der Waals surface area contributed by atoms with Crippen LogP contribution in [-0.2, 0) is 9.59 Å². The number of nitrogens with one attached hydrogen (secondary N) is 1. The normalized spacial score (nSPS) is 18.1. The van der Waals surface area contributed by atoms with Crippen molar-refractivity contribution in [3.63, 3.8) is 0 Å². The lowest BCUT2D eigenvalue weighted by Gasteiger charge is -2.22. The van der Waals surface area contributed by atoms with Gasteiger partial charge in [-0.05, 0) is 30.3 Å². The largest absolute Gasteiger partial charge is 0.495 e. The molecule has 1 atom stereocenters. The number of amides is 2. The van der Waals surface area contributed by atoms with Crippen LogP contribution in [0.2, 0.25) is 5.02 Å². The molecule has 2 heterocycles. The van der Waals surface area contributed by atoms with Crippen LogP contribution in [0.1, 0.15) is 6.42 Å². The van der Waals surface area contributed by atoms with Crippen molar-refractivity contribution in [1.82, 2.24) is 0 Å². The minimum atomic E-state index is -0.482. The molecule has 1 N–H and O–H groups in total. The Morgan fingerprint density at radius 2 is 1.96 bits per heavy atom. The van der Waals surface area contributed by atoms with Gasteiger partial charge in [0.05, 0.1) is 18.7 Å². The summed E-state index contributed by atoms with van der Waals surface area (Å²) in [4.78, 5) is 26.8. The molecule has 8 heteroatoms. The van der Waals surface area contributed by atoms with Crippen molar-refractivity contribution in [2.75, 3.05) is 37.1 Å². The Kier molecular flexibility index (Phi) is 5.00. The fraction of sp³-hybridized carbons (Fsp3) is 0.300. The van der Waals surface area contributed by atoms with Crippen LogP contribution in [0.3, 0.4) is 0 Å². The van der Waals surface area contributed by atoms with Gasteiger partial charge in [0, 0.05) is 29.7 Å². The predicted octanol–water partition coefficient (Wildman–Crippen LogP) is 3.11. The zero-order valence-corrected chi connectivity index (χ0v) is 16.0. The van der Waals surface area contributed by atoms with Gasteiger partial charge < -0.3 is 24.4 Å². The summed E-state index contributed by atoms with van der Waals surface area (Å²) in [5.41, 5.74) is 1.16. The maximum absolute atomic E-state index is 12.7. The first-order valence-electron chi connectivity index (χ1n) is 8.89. The molecule has 0 radical (unpaired) electrons. The minimum Gasteiger partial charge on any atom is -0.495 e. The van der Waals surface area contributed by atoms with E-state index in [2.05, 4.69) is 5.32 Å². The Morgan fingerprint density at radius 1 is 1.18 bits per heavy atom. The topological polar surface area (TPSA) is 77.1 Å². The van der Waals surface area contributed by atoms with Crippen LogP contribution in [0.5, 0.6) is 17.2 Å². The first-order chi connectivity index (χ1) is 13.5. The number of rotatable bonds is 4. The van der Waals surface area contributed by atoms with Crippen molar-refractivity contribution < 1.29 is 23.8 Å². The number of carbonyl (C=O) groups is 2. The molecular weight excluding hydrogens is 384 g/mol. The van der Waals surface area contributed by atoms with Gasteiger partial charge in [-0.25, -0.2) is 0 Å². The van der Waals surface area contributed by atoms with Crippen LogP contribution < -0.4 is 24.4 Å². The summed E-state index contributed by atoms with van der Waals surface area (Å²) in [5.74, 6) is 0.913. The molecule has 4 rings (SSSR count). The molecule has 146 valence electrons. The van der Waals surface area contributed by atoms with Crippen LogP contribution in [0.4, 0.5) is 11.4 Å². The standard InChI is InChI=1S/C20H19ClN2O5/c1-26-16-4-2-13(21)9-15(16)22-20(25)12-8-19(24)23(11-12)14-3-5-17-18(10-14)28-7-6-27-17/h2-5,9-10,12H,6-8,11H2,1H3,(H,22,25)/t12-/m0/s1. The summed E-state index contributed by atoms with van der Waals surface area (Å²) >= 11 is 6.01. The number of carbonyl (C=O) groups excluding carboxylic acids is 2. The number of nitrogens with zero attached hydrogens (tertiary/aromatic N) is 1. The van der Waals surface area contributed by atoms with Crippen LogP contribution in [-0.4, -0.2) is 38.7 Å². The Labute approximate surface area is 167 Å². The van der Waals surface area contributed by atoms with E-state index in [0.29, 0.717) is 46.9 Å².